The van der Waals surface area contributed by atoms with Gasteiger partial charge >= 0.3 is 0 Å². The summed E-state index contributed by atoms with van der Waals surface area (Å²) in [5.74, 6) is 0.484. The van der Waals surface area contributed by atoms with Crippen LogP contribution in [0.25, 0.3) is 0 Å². The zero-order valence-corrected chi connectivity index (χ0v) is 12.1. The molecule has 0 radical (unpaired) electrons. The second kappa shape index (κ2) is 6.46. The van der Waals surface area contributed by atoms with Crippen molar-refractivity contribution in [1.29, 1.82) is 0 Å². The van der Waals surface area contributed by atoms with Crippen molar-refractivity contribution in [2.24, 2.45) is 0 Å². The van der Waals surface area contributed by atoms with Gasteiger partial charge in [0.15, 0.2) is 6.10 Å². The molecule has 1 amide bonds. The first-order valence-electron chi connectivity index (χ1n) is 6.06. The summed E-state index contributed by atoms with van der Waals surface area (Å²) in [4.78, 5) is 13.9. The molecule has 0 spiro atoms. The van der Waals surface area contributed by atoms with Crippen molar-refractivity contribution in [3.8, 4) is 5.75 Å². The maximum absolute atomic E-state index is 12.1. The van der Waals surface area contributed by atoms with Gasteiger partial charge < -0.3 is 14.4 Å². The average molecular weight is 304 g/mol. The summed E-state index contributed by atoms with van der Waals surface area (Å²) >= 11 is 11.7. The molecule has 1 aliphatic heterocycles. The summed E-state index contributed by atoms with van der Waals surface area (Å²) in [7, 11) is 0. The van der Waals surface area contributed by atoms with Crippen LogP contribution < -0.4 is 4.74 Å². The molecule has 4 nitrogen and oxygen atoms in total. The number of carbonyl (C=O) groups is 1. The molecule has 19 heavy (non-hydrogen) atoms. The van der Waals surface area contributed by atoms with Gasteiger partial charge in [0.25, 0.3) is 5.91 Å². The fourth-order valence-electron chi connectivity index (χ4n) is 1.85. The van der Waals surface area contributed by atoms with Crippen molar-refractivity contribution in [3.63, 3.8) is 0 Å². The highest BCUT2D eigenvalue weighted by atomic mass is 35.5. The number of rotatable bonds is 3. The van der Waals surface area contributed by atoms with Crippen molar-refractivity contribution in [1.82, 2.24) is 4.90 Å². The molecule has 1 fully saturated rings. The van der Waals surface area contributed by atoms with Crippen LogP contribution in [0.3, 0.4) is 0 Å². The van der Waals surface area contributed by atoms with Gasteiger partial charge in [-0.15, -0.1) is 0 Å². The van der Waals surface area contributed by atoms with Crippen LogP contribution in [0.1, 0.15) is 6.92 Å². The van der Waals surface area contributed by atoms with Crippen molar-refractivity contribution in [2.45, 2.75) is 13.0 Å². The van der Waals surface area contributed by atoms with E-state index in [-0.39, 0.29) is 5.91 Å². The third-order valence-electron chi connectivity index (χ3n) is 2.87. The Bertz CT molecular complexity index is 461. The standard InChI is InChI=1S/C13H15Cl2NO3/c1-9(13(17)16-4-6-18-7-5-16)19-10-2-3-11(14)12(15)8-10/h2-3,8-9H,4-7H2,1H3/t9-/m1/s1. The number of benzene rings is 1. The topological polar surface area (TPSA) is 38.8 Å². The van der Waals surface area contributed by atoms with Crippen LogP contribution in [0.15, 0.2) is 18.2 Å². The lowest BCUT2D eigenvalue weighted by molar-refractivity contribution is -0.142. The minimum Gasteiger partial charge on any atom is -0.481 e. The fraction of sp³-hybridized carbons (Fsp3) is 0.462. The molecule has 0 aromatic heterocycles. The summed E-state index contributed by atoms with van der Waals surface area (Å²) < 4.78 is 10.8. The van der Waals surface area contributed by atoms with Gasteiger partial charge in [-0.3, -0.25) is 4.79 Å². The quantitative estimate of drug-likeness (QED) is 0.861. The molecule has 2 rings (SSSR count). The predicted molar refractivity (Wildman–Crippen MR) is 74.0 cm³/mol. The van der Waals surface area contributed by atoms with Gasteiger partial charge in [-0.1, -0.05) is 23.2 Å². The first kappa shape index (κ1) is 14.4. The van der Waals surface area contributed by atoms with Crippen LogP contribution in [-0.4, -0.2) is 43.2 Å². The fourth-order valence-corrected chi connectivity index (χ4v) is 2.13. The highest BCUT2D eigenvalue weighted by Crippen LogP contribution is 2.27. The molecule has 0 unspecified atom stereocenters. The Balaban J connectivity index is 1.97. The Kier molecular flexibility index (Phi) is 4.91. The lowest BCUT2D eigenvalue weighted by atomic mass is 10.3. The maximum Gasteiger partial charge on any atom is 0.263 e. The summed E-state index contributed by atoms with van der Waals surface area (Å²) in [6, 6.07) is 4.94. The van der Waals surface area contributed by atoms with E-state index in [0.717, 1.165) is 0 Å². The van der Waals surface area contributed by atoms with Gasteiger partial charge in [0.2, 0.25) is 0 Å². The summed E-state index contributed by atoms with van der Waals surface area (Å²) in [6.45, 7) is 4.08. The Morgan fingerprint density at radius 3 is 2.63 bits per heavy atom. The highest BCUT2D eigenvalue weighted by Gasteiger charge is 2.23. The van der Waals surface area contributed by atoms with Crippen LogP contribution in [0.2, 0.25) is 10.0 Å². The molecule has 1 aromatic carbocycles. The van der Waals surface area contributed by atoms with E-state index < -0.39 is 6.10 Å². The molecule has 0 bridgehead atoms. The molecule has 1 atom stereocenters. The molecular formula is C13H15Cl2NO3. The van der Waals surface area contributed by atoms with Crippen LogP contribution in [0.4, 0.5) is 0 Å². The third-order valence-corrected chi connectivity index (χ3v) is 3.61. The number of morpholine rings is 1. The van der Waals surface area contributed by atoms with E-state index in [9.17, 15) is 4.79 Å². The molecule has 0 saturated carbocycles. The van der Waals surface area contributed by atoms with E-state index in [4.69, 9.17) is 32.7 Å². The SMILES string of the molecule is C[C@@H](Oc1ccc(Cl)c(Cl)c1)C(=O)N1CCOCC1. The van der Waals surface area contributed by atoms with Crippen LogP contribution in [-0.2, 0) is 9.53 Å². The smallest absolute Gasteiger partial charge is 0.263 e. The number of hydrogen-bond acceptors (Lipinski definition) is 3. The first-order chi connectivity index (χ1) is 9.08. The van der Waals surface area contributed by atoms with Gasteiger partial charge in [0, 0.05) is 19.2 Å². The highest BCUT2D eigenvalue weighted by molar-refractivity contribution is 6.42. The number of ether oxygens (including phenoxy) is 2. The molecule has 1 heterocycles. The molecule has 0 aliphatic carbocycles. The molecule has 104 valence electrons. The molecule has 1 saturated heterocycles. The summed E-state index contributed by atoms with van der Waals surface area (Å²) in [6.07, 6.45) is -0.560. The van der Waals surface area contributed by atoms with Crippen molar-refractivity contribution in [2.75, 3.05) is 26.3 Å². The van der Waals surface area contributed by atoms with Crippen molar-refractivity contribution < 1.29 is 14.3 Å². The largest absolute Gasteiger partial charge is 0.481 e. The van der Waals surface area contributed by atoms with E-state index in [0.29, 0.717) is 42.1 Å². The third kappa shape index (κ3) is 3.75. The Hall–Kier alpha value is -0.970. The second-order valence-corrected chi connectivity index (χ2v) is 5.09. The van der Waals surface area contributed by atoms with Crippen LogP contribution >= 0.6 is 23.2 Å². The van der Waals surface area contributed by atoms with Gasteiger partial charge in [0.05, 0.1) is 23.3 Å². The monoisotopic (exact) mass is 303 g/mol. The number of amides is 1. The summed E-state index contributed by atoms with van der Waals surface area (Å²) in [5, 5.41) is 0.867. The second-order valence-electron chi connectivity index (χ2n) is 4.27. The zero-order valence-electron chi connectivity index (χ0n) is 10.6. The minimum absolute atomic E-state index is 0.0469. The normalized spacial score (nSPS) is 17.1. The number of hydrogen-bond donors (Lipinski definition) is 0. The van der Waals surface area contributed by atoms with Crippen LogP contribution in [0.5, 0.6) is 5.75 Å². The summed E-state index contributed by atoms with van der Waals surface area (Å²) in [5.41, 5.74) is 0. The lowest BCUT2D eigenvalue weighted by Gasteiger charge is -2.29. The van der Waals surface area contributed by atoms with E-state index >= 15 is 0 Å². The van der Waals surface area contributed by atoms with Gasteiger partial charge in [-0.25, -0.2) is 0 Å². The minimum atomic E-state index is -0.560. The number of nitrogens with zero attached hydrogens (tertiary/aromatic N) is 1. The Labute approximate surface area is 122 Å². The Morgan fingerprint density at radius 2 is 2.00 bits per heavy atom. The molecule has 1 aromatic rings. The van der Waals surface area contributed by atoms with Crippen molar-refractivity contribution >= 4 is 29.1 Å². The molecule has 1 aliphatic rings. The lowest BCUT2D eigenvalue weighted by Crippen LogP contribution is -2.46. The van der Waals surface area contributed by atoms with Gasteiger partial charge in [-0.05, 0) is 19.1 Å². The molecular weight excluding hydrogens is 289 g/mol. The van der Waals surface area contributed by atoms with Gasteiger partial charge in [0.1, 0.15) is 5.75 Å². The zero-order chi connectivity index (χ0) is 13.8. The van der Waals surface area contributed by atoms with E-state index in [1.807, 2.05) is 0 Å². The van der Waals surface area contributed by atoms with E-state index in [1.54, 1.807) is 30.0 Å². The van der Waals surface area contributed by atoms with Gasteiger partial charge in [-0.2, -0.15) is 0 Å². The predicted octanol–water partition coefficient (Wildman–Crippen LogP) is 2.62. The molecule has 0 N–H and O–H groups in total. The van der Waals surface area contributed by atoms with E-state index in [1.165, 1.54) is 0 Å². The maximum atomic E-state index is 12.1. The average Bonchev–Trinajstić information content (AvgIpc) is 2.43. The van der Waals surface area contributed by atoms with Crippen LogP contribution in [0, 0.1) is 0 Å². The van der Waals surface area contributed by atoms with Crippen molar-refractivity contribution in [3.05, 3.63) is 28.2 Å². The molecule has 6 heteroatoms. The first-order valence-corrected chi connectivity index (χ1v) is 6.82. The number of halogens is 2. The number of carbonyl (C=O) groups excluding carboxylic acids is 1. The van der Waals surface area contributed by atoms with E-state index in [2.05, 4.69) is 0 Å². The Morgan fingerprint density at radius 1 is 1.32 bits per heavy atom.